The molecule has 0 amide bonds. The van der Waals surface area contributed by atoms with Crippen molar-refractivity contribution < 1.29 is 4.74 Å². The number of hydrogen-bond acceptors (Lipinski definition) is 2. The second kappa shape index (κ2) is 6.33. The third-order valence-electron chi connectivity index (χ3n) is 2.83. The third-order valence-corrected chi connectivity index (χ3v) is 2.83. The minimum Gasteiger partial charge on any atom is -0.494 e. The lowest BCUT2D eigenvalue weighted by atomic mass is 10.0. The molecule has 0 unspecified atom stereocenters. The summed E-state index contributed by atoms with van der Waals surface area (Å²) in [5, 5.41) is 0. The topological polar surface area (TPSA) is 35.2 Å². The van der Waals surface area contributed by atoms with Crippen molar-refractivity contribution in [2.75, 3.05) is 12.3 Å². The highest BCUT2D eigenvalue weighted by atomic mass is 16.5. The van der Waals surface area contributed by atoms with Crippen LogP contribution >= 0.6 is 0 Å². The molecule has 0 aliphatic carbocycles. The van der Waals surface area contributed by atoms with Gasteiger partial charge in [0.2, 0.25) is 0 Å². The van der Waals surface area contributed by atoms with Crippen LogP contribution in [0, 0.1) is 5.92 Å². The van der Waals surface area contributed by atoms with Crippen molar-refractivity contribution in [3.8, 4) is 5.75 Å². The van der Waals surface area contributed by atoms with Crippen LogP contribution in [0.5, 0.6) is 5.75 Å². The first-order valence-corrected chi connectivity index (χ1v) is 5.74. The third kappa shape index (κ3) is 4.24. The van der Waals surface area contributed by atoms with Gasteiger partial charge in [0, 0.05) is 5.69 Å². The summed E-state index contributed by atoms with van der Waals surface area (Å²) in [5.74, 6) is 1.70. The fourth-order valence-electron chi connectivity index (χ4n) is 1.60. The average molecular weight is 207 g/mol. The molecule has 2 heteroatoms. The lowest BCUT2D eigenvalue weighted by Gasteiger charge is -2.12. The molecule has 1 aromatic carbocycles. The molecule has 0 spiro atoms. The number of benzene rings is 1. The van der Waals surface area contributed by atoms with Crippen molar-refractivity contribution in [2.45, 2.75) is 33.1 Å². The molecule has 0 heterocycles. The van der Waals surface area contributed by atoms with E-state index in [1.165, 1.54) is 12.8 Å². The van der Waals surface area contributed by atoms with Gasteiger partial charge in [-0.15, -0.1) is 0 Å². The van der Waals surface area contributed by atoms with Crippen LogP contribution in [0.3, 0.4) is 0 Å². The molecule has 0 radical (unpaired) electrons. The number of nitrogen functional groups attached to an aromatic ring is 1. The molecule has 0 saturated heterocycles. The Hall–Kier alpha value is -1.18. The molecular weight excluding hydrogens is 186 g/mol. The van der Waals surface area contributed by atoms with Gasteiger partial charge < -0.3 is 10.5 Å². The van der Waals surface area contributed by atoms with E-state index in [9.17, 15) is 0 Å². The van der Waals surface area contributed by atoms with Gasteiger partial charge >= 0.3 is 0 Å². The molecule has 0 aliphatic rings. The van der Waals surface area contributed by atoms with Gasteiger partial charge in [-0.3, -0.25) is 0 Å². The van der Waals surface area contributed by atoms with Gasteiger partial charge in [-0.1, -0.05) is 26.7 Å². The first-order chi connectivity index (χ1) is 7.26. The van der Waals surface area contributed by atoms with E-state index in [2.05, 4.69) is 13.8 Å². The van der Waals surface area contributed by atoms with E-state index in [1.54, 1.807) is 0 Å². The lowest BCUT2D eigenvalue weighted by Crippen LogP contribution is -2.05. The normalized spacial score (nSPS) is 10.6. The van der Waals surface area contributed by atoms with E-state index in [-0.39, 0.29) is 0 Å². The van der Waals surface area contributed by atoms with E-state index >= 15 is 0 Å². The van der Waals surface area contributed by atoms with Gasteiger partial charge in [0.1, 0.15) is 5.75 Å². The Morgan fingerprint density at radius 2 is 1.73 bits per heavy atom. The van der Waals surface area contributed by atoms with E-state index in [1.807, 2.05) is 24.3 Å². The van der Waals surface area contributed by atoms with Gasteiger partial charge in [-0.25, -0.2) is 0 Å². The van der Waals surface area contributed by atoms with Crippen LogP contribution in [0.4, 0.5) is 5.69 Å². The summed E-state index contributed by atoms with van der Waals surface area (Å²) in [6.07, 6.45) is 3.61. The smallest absolute Gasteiger partial charge is 0.119 e. The zero-order valence-corrected chi connectivity index (χ0v) is 9.70. The Labute approximate surface area is 92.4 Å². The minimum atomic E-state index is 0.780. The summed E-state index contributed by atoms with van der Waals surface area (Å²) < 4.78 is 5.64. The lowest BCUT2D eigenvalue weighted by molar-refractivity contribution is 0.272. The molecule has 0 atom stereocenters. The second-order valence-corrected chi connectivity index (χ2v) is 3.89. The van der Waals surface area contributed by atoms with Gasteiger partial charge in [-0.05, 0) is 36.6 Å². The van der Waals surface area contributed by atoms with E-state index in [0.29, 0.717) is 0 Å². The SMILES string of the molecule is CCC(CC)CCOc1ccc(N)cc1. The summed E-state index contributed by atoms with van der Waals surface area (Å²) >= 11 is 0. The Morgan fingerprint density at radius 3 is 2.27 bits per heavy atom. The monoisotopic (exact) mass is 207 g/mol. The quantitative estimate of drug-likeness (QED) is 0.725. The Kier molecular flexibility index (Phi) is 5.02. The van der Waals surface area contributed by atoms with Crippen LogP contribution in [0.2, 0.25) is 0 Å². The second-order valence-electron chi connectivity index (χ2n) is 3.89. The Morgan fingerprint density at radius 1 is 1.13 bits per heavy atom. The summed E-state index contributed by atoms with van der Waals surface area (Å²) in [5.41, 5.74) is 6.37. The highest BCUT2D eigenvalue weighted by Gasteiger charge is 2.03. The molecule has 1 rings (SSSR count). The van der Waals surface area contributed by atoms with Crippen LogP contribution in [0.15, 0.2) is 24.3 Å². The molecule has 1 aromatic rings. The maximum Gasteiger partial charge on any atom is 0.119 e. The number of ether oxygens (including phenoxy) is 1. The summed E-state index contributed by atoms with van der Waals surface area (Å²) in [4.78, 5) is 0. The minimum absolute atomic E-state index is 0.780. The first-order valence-electron chi connectivity index (χ1n) is 5.74. The van der Waals surface area contributed by atoms with Gasteiger partial charge in [0.25, 0.3) is 0 Å². The van der Waals surface area contributed by atoms with Crippen molar-refractivity contribution in [2.24, 2.45) is 5.92 Å². The summed E-state index contributed by atoms with van der Waals surface area (Å²) in [7, 11) is 0. The summed E-state index contributed by atoms with van der Waals surface area (Å²) in [6.45, 7) is 5.27. The van der Waals surface area contributed by atoms with Gasteiger partial charge in [-0.2, -0.15) is 0 Å². The molecule has 0 fully saturated rings. The van der Waals surface area contributed by atoms with Crippen molar-refractivity contribution in [3.05, 3.63) is 24.3 Å². The molecule has 0 saturated carbocycles. The van der Waals surface area contributed by atoms with Crippen LogP contribution in [0.1, 0.15) is 33.1 Å². The highest BCUT2D eigenvalue weighted by Crippen LogP contribution is 2.16. The van der Waals surface area contributed by atoms with E-state index in [4.69, 9.17) is 10.5 Å². The van der Waals surface area contributed by atoms with Crippen molar-refractivity contribution in [1.82, 2.24) is 0 Å². The summed E-state index contributed by atoms with van der Waals surface area (Å²) in [6, 6.07) is 7.57. The predicted molar refractivity (Wildman–Crippen MR) is 65.0 cm³/mol. The number of rotatable bonds is 6. The molecule has 0 aromatic heterocycles. The van der Waals surface area contributed by atoms with Crippen LogP contribution in [-0.4, -0.2) is 6.61 Å². The molecule has 15 heavy (non-hydrogen) atoms. The highest BCUT2D eigenvalue weighted by molar-refractivity contribution is 5.41. The van der Waals surface area contributed by atoms with Crippen molar-refractivity contribution in [1.29, 1.82) is 0 Å². The van der Waals surface area contributed by atoms with Crippen LogP contribution in [-0.2, 0) is 0 Å². The molecule has 2 nitrogen and oxygen atoms in total. The molecule has 0 bridgehead atoms. The van der Waals surface area contributed by atoms with Gasteiger partial charge in [0.05, 0.1) is 6.61 Å². The Balaban J connectivity index is 2.28. The molecule has 84 valence electrons. The largest absolute Gasteiger partial charge is 0.494 e. The zero-order valence-electron chi connectivity index (χ0n) is 9.70. The van der Waals surface area contributed by atoms with Crippen LogP contribution in [0.25, 0.3) is 0 Å². The maximum absolute atomic E-state index is 5.64. The van der Waals surface area contributed by atoms with E-state index < -0.39 is 0 Å². The Bertz CT molecular complexity index is 264. The molecule has 2 N–H and O–H groups in total. The fraction of sp³-hybridized carbons (Fsp3) is 0.538. The number of anilines is 1. The number of hydrogen-bond donors (Lipinski definition) is 1. The van der Waals surface area contributed by atoms with Crippen molar-refractivity contribution >= 4 is 5.69 Å². The number of nitrogens with two attached hydrogens (primary N) is 1. The predicted octanol–water partition coefficient (Wildman–Crippen LogP) is 3.47. The van der Waals surface area contributed by atoms with Gasteiger partial charge in [0.15, 0.2) is 0 Å². The first kappa shape index (κ1) is 11.9. The molecular formula is C13H21NO. The van der Waals surface area contributed by atoms with E-state index in [0.717, 1.165) is 30.4 Å². The maximum atomic E-state index is 5.64. The fourth-order valence-corrected chi connectivity index (χ4v) is 1.60. The van der Waals surface area contributed by atoms with Crippen LogP contribution < -0.4 is 10.5 Å². The van der Waals surface area contributed by atoms with Crippen molar-refractivity contribution in [3.63, 3.8) is 0 Å². The molecule has 0 aliphatic heterocycles. The zero-order chi connectivity index (χ0) is 11.1. The standard InChI is InChI=1S/C13H21NO/c1-3-11(4-2)9-10-15-13-7-5-12(14)6-8-13/h5-8,11H,3-4,9-10,14H2,1-2H3. The average Bonchev–Trinajstić information content (AvgIpc) is 2.27.